The highest BCUT2D eigenvalue weighted by Crippen LogP contribution is 2.25. The van der Waals surface area contributed by atoms with Crippen molar-refractivity contribution in [3.63, 3.8) is 0 Å². The van der Waals surface area contributed by atoms with E-state index < -0.39 is 31.3 Å². The number of benzene rings is 1. The molecule has 1 aromatic rings. The summed E-state index contributed by atoms with van der Waals surface area (Å²) < 4.78 is 39.5. The molecule has 0 aromatic heterocycles. The minimum absolute atomic E-state index is 0.0329. The van der Waals surface area contributed by atoms with Gasteiger partial charge in [0.1, 0.15) is 0 Å². The normalized spacial score (nSPS) is 11.2. The summed E-state index contributed by atoms with van der Waals surface area (Å²) in [5, 5.41) is 13.0. The summed E-state index contributed by atoms with van der Waals surface area (Å²) in [4.78, 5) is 20.3. The summed E-state index contributed by atoms with van der Waals surface area (Å²) in [6, 6.07) is 1.44. The van der Waals surface area contributed by atoms with Gasteiger partial charge in [0.2, 0.25) is 21.7 Å². The van der Waals surface area contributed by atoms with Crippen LogP contribution >= 0.6 is 0 Å². The zero-order valence-corrected chi connectivity index (χ0v) is 12.2. The molecule has 0 spiro atoms. The summed E-state index contributed by atoms with van der Waals surface area (Å²) in [5.74, 6) is -1.47. The summed E-state index contributed by atoms with van der Waals surface area (Å²) in [7, 11) is -2.66. The zero-order chi connectivity index (χ0) is 16.2. The predicted octanol–water partition coefficient (Wildman–Crippen LogP) is 0.457. The molecule has 8 nitrogen and oxygen atoms in total. The first kappa shape index (κ1) is 17.0. The molecule has 0 heterocycles. The van der Waals surface area contributed by atoms with Crippen molar-refractivity contribution in [1.82, 2.24) is 10.0 Å². The number of carbonyl (C=O) groups is 1. The fourth-order valence-electron chi connectivity index (χ4n) is 1.57. The monoisotopic (exact) mass is 319 g/mol. The van der Waals surface area contributed by atoms with Crippen LogP contribution in [-0.4, -0.2) is 32.8 Å². The lowest BCUT2D eigenvalue weighted by Crippen LogP contribution is -2.29. The number of halogens is 1. The topological polar surface area (TPSA) is 118 Å². The number of carbonyl (C=O) groups excluding carboxylic acids is 1. The van der Waals surface area contributed by atoms with E-state index in [2.05, 4.69) is 10.0 Å². The molecule has 0 saturated heterocycles. The Morgan fingerprint density at radius 3 is 2.57 bits per heavy atom. The van der Waals surface area contributed by atoms with E-state index in [4.69, 9.17) is 0 Å². The van der Waals surface area contributed by atoms with E-state index in [1.54, 1.807) is 0 Å². The van der Waals surface area contributed by atoms with Gasteiger partial charge in [-0.25, -0.2) is 13.1 Å². The molecule has 1 rings (SSSR count). The van der Waals surface area contributed by atoms with Crippen LogP contribution in [0.5, 0.6) is 0 Å². The molecule has 1 aromatic carbocycles. The smallest absolute Gasteiger partial charge is 0.306 e. The Balaban J connectivity index is 3.05. The predicted molar refractivity (Wildman–Crippen MR) is 71.7 cm³/mol. The van der Waals surface area contributed by atoms with Crippen molar-refractivity contribution < 1.29 is 22.5 Å². The van der Waals surface area contributed by atoms with Gasteiger partial charge in [-0.15, -0.1) is 0 Å². The van der Waals surface area contributed by atoms with E-state index in [9.17, 15) is 27.7 Å². The third-order valence-corrected chi connectivity index (χ3v) is 4.26. The van der Waals surface area contributed by atoms with E-state index in [-0.39, 0.29) is 24.4 Å². The SMILES string of the molecule is CNC(=O)CCNS(=O)(=O)c1cc([N+](=O)[O-])c(F)cc1C. The van der Waals surface area contributed by atoms with Gasteiger partial charge in [-0.3, -0.25) is 14.9 Å². The highest BCUT2D eigenvalue weighted by atomic mass is 32.2. The third-order valence-electron chi connectivity index (χ3n) is 2.65. The highest BCUT2D eigenvalue weighted by molar-refractivity contribution is 7.89. The number of sulfonamides is 1. The van der Waals surface area contributed by atoms with Crippen LogP contribution in [0.25, 0.3) is 0 Å². The van der Waals surface area contributed by atoms with Crippen LogP contribution in [0.4, 0.5) is 10.1 Å². The maximum Gasteiger partial charge on any atom is 0.306 e. The lowest BCUT2D eigenvalue weighted by molar-refractivity contribution is -0.387. The molecular weight excluding hydrogens is 305 g/mol. The van der Waals surface area contributed by atoms with Crippen molar-refractivity contribution >= 4 is 21.6 Å². The molecule has 1 amide bonds. The van der Waals surface area contributed by atoms with Gasteiger partial charge in [-0.05, 0) is 18.6 Å². The van der Waals surface area contributed by atoms with E-state index in [1.165, 1.54) is 14.0 Å². The van der Waals surface area contributed by atoms with Crippen molar-refractivity contribution in [2.75, 3.05) is 13.6 Å². The van der Waals surface area contributed by atoms with Gasteiger partial charge in [-0.1, -0.05) is 0 Å². The second-order valence-electron chi connectivity index (χ2n) is 4.15. The minimum Gasteiger partial charge on any atom is -0.359 e. The Hall–Kier alpha value is -2.07. The summed E-state index contributed by atoms with van der Waals surface area (Å²) in [6.45, 7) is 1.15. The van der Waals surface area contributed by atoms with Crippen molar-refractivity contribution in [2.45, 2.75) is 18.2 Å². The van der Waals surface area contributed by atoms with Crippen LogP contribution in [0.1, 0.15) is 12.0 Å². The summed E-state index contributed by atoms with van der Waals surface area (Å²) >= 11 is 0. The van der Waals surface area contributed by atoms with Gasteiger partial charge in [0.05, 0.1) is 9.82 Å². The van der Waals surface area contributed by atoms with Crippen LogP contribution < -0.4 is 10.0 Å². The standard InChI is InChI=1S/C11H14FN3O5S/c1-7-5-8(12)9(15(17)18)6-10(7)21(19,20)14-4-3-11(16)13-2/h5-6,14H,3-4H2,1-2H3,(H,13,16). The van der Waals surface area contributed by atoms with Crippen LogP contribution in [-0.2, 0) is 14.8 Å². The largest absolute Gasteiger partial charge is 0.359 e. The molecule has 0 aliphatic rings. The second-order valence-corrected chi connectivity index (χ2v) is 5.88. The van der Waals surface area contributed by atoms with Gasteiger partial charge >= 0.3 is 5.69 Å². The Labute approximate surface area is 120 Å². The van der Waals surface area contributed by atoms with E-state index in [1.807, 2.05) is 0 Å². The van der Waals surface area contributed by atoms with Gasteiger partial charge < -0.3 is 5.32 Å². The van der Waals surface area contributed by atoms with Crippen molar-refractivity contribution in [1.29, 1.82) is 0 Å². The van der Waals surface area contributed by atoms with Crippen molar-refractivity contribution in [3.8, 4) is 0 Å². The molecule has 10 heteroatoms. The average molecular weight is 319 g/mol. The Kier molecular flexibility index (Phi) is 5.33. The molecule has 0 aliphatic carbocycles. The number of aryl methyl sites for hydroxylation is 1. The number of nitrogens with zero attached hydrogens (tertiary/aromatic N) is 1. The zero-order valence-electron chi connectivity index (χ0n) is 11.3. The maximum absolute atomic E-state index is 13.4. The molecule has 0 radical (unpaired) electrons. The second kappa shape index (κ2) is 6.59. The number of amides is 1. The quantitative estimate of drug-likeness (QED) is 0.583. The molecule has 116 valence electrons. The molecule has 0 fully saturated rings. The van der Waals surface area contributed by atoms with E-state index >= 15 is 0 Å². The first-order valence-electron chi connectivity index (χ1n) is 5.84. The van der Waals surface area contributed by atoms with Crippen molar-refractivity contribution in [3.05, 3.63) is 33.6 Å². The average Bonchev–Trinajstić information content (AvgIpc) is 2.37. The molecule has 21 heavy (non-hydrogen) atoms. The number of nitro benzene ring substituents is 1. The lowest BCUT2D eigenvalue weighted by Gasteiger charge is -2.09. The number of nitrogens with one attached hydrogen (secondary N) is 2. The third kappa shape index (κ3) is 4.20. The number of nitro groups is 1. The number of hydrogen-bond acceptors (Lipinski definition) is 5. The Morgan fingerprint density at radius 1 is 1.43 bits per heavy atom. The van der Waals surface area contributed by atoms with E-state index in [0.717, 1.165) is 6.07 Å². The first-order valence-corrected chi connectivity index (χ1v) is 7.32. The van der Waals surface area contributed by atoms with Crippen LogP contribution in [0, 0.1) is 22.9 Å². The molecule has 0 atom stereocenters. The molecule has 2 N–H and O–H groups in total. The van der Waals surface area contributed by atoms with Crippen LogP contribution in [0.3, 0.4) is 0 Å². The van der Waals surface area contributed by atoms with Crippen LogP contribution in [0.2, 0.25) is 0 Å². The molecular formula is C11H14FN3O5S. The maximum atomic E-state index is 13.4. The Morgan fingerprint density at radius 2 is 2.05 bits per heavy atom. The number of rotatable bonds is 6. The summed E-state index contributed by atoms with van der Waals surface area (Å²) in [5.41, 5.74) is -0.891. The number of hydrogen-bond donors (Lipinski definition) is 2. The van der Waals surface area contributed by atoms with Crippen molar-refractivity contribution in [2.24, 2.45) is 0 Å². The van der Waals surface area contributed by atoms with Gasteiger partial charge in [-0.2, -0.15) is 4.39 Å². The Bertz CT molecular complexity index is 675. The molecule has 0 aliphatic heterocycles. The van der Waals surface area contributed by atoms with Crippen LogP contribution in [0.15, 0.2) is 17.0 Å². The fraction of sp³-hybridized carbons (Fsp3) is 0.364. The lowest BCUT2D eigenvalue weighted by atomic mass is 10.2. The summed E-state index contributed by atoms with van der Waals surface area (Å²) in [6.07, 6.45) is -0.0853. The highest BCUT2D eigenvalue weighted by Gasteiger charge is 2.24. The first-order chi connectivity index (χ1) is 9.69. The van der Waals surface area contributed by atoms with Gasteiger partial charge in [0, 0.05) is 26.1 Å². The fourth-order valence-corrected chi connectivity index (χ4v) is 2.85. The molecule has 0 saturated carbocycles. The minimum atomic E-state index is -4.07. The molecule has 0 unspecified atom stereocenters. The van der Waals surface area contributed by atoms with Gasteiger partial charge in [0.25, 0.3) is 0 Å². The molecule has 0 bridgehead atoms. The van der Waals surface area contributed by atoms with E-state index in [0.29, 0.717) is 6.07 Å². The van der Waals surface area contributed by atoms with Gasteiger partial charge in [0.15, 0.2) is 0 Å².